The molecule has 0 saturated heterocycles. The van der Waals surface area contributed by atoms with Crippen LogP contribution < -0.4 is 10.1 Å². The molecule has 2 atom stereocenters. The maximum atomic E-state index is 12.3. The van der Waals surface area contributed by atoms with Gasteiger partial charge in [-0.3, -0.25) is 4.79 Å². The summed E-state index contributed by atoms with van der Waals surface area (Å²) in [6.07, 6.45) is 4.70. The van der Waals surface area contributed by atoms with E-state index in [1.165, 1.54) is 12.8 Å². The average Bonchev–Trinajstić information content (AvgIpc) is 2.41. The second-order valence-corrected chi connectivity index (χ2v) is 6.75. The van der Waals surface area contributed by atoms with Crippen LogP contribution >= 0.6 is 15.9 Å². The van der Waals surface area contributed by atoms with Crippen molar-refractivity contribution in [3.05, 3.63) is 29.8 Å². The van der Waals surface area contributed by atoms with Crippen LogP contribution in [0.5, 0.6) is 5.75 Å². The fraction of sp³-hybridized carbons (Fsp3) is 0.562. The zero-order chi connectivity index (χ0) is 14.5. The van der Waals surface area contributed by atoms with E-state index in [1.807, 2.05) is 32.0 Å². The number of carbonyl (C=O) groups is 1. The van der Waals surface area contributed by atoms with Crippen molar-refractivity contribution in [2.45, 2.75) is 56.5 Å². The first-order valence-corrected chi connectivity index (χ1v) is 8.19. The van der Waals surface area contributed by atoms with E-state index in [9.17, 15) is 4.79 Å². The maximum absolute atomic E-state index is 12.3. The summed E-state index contributed by atoms with van der Waals surface area (Å²) in [6.45, 7) is 3.95. The molecule has 110 valence electrons. The van der Waals surface area contributed by atoms with Gasteiger partial charge in [-0.1, -0.05) is 34.8 Å². The number of halogens is 1. The zero-order valence-electron chi connectivity index (χ0n) is 12.1. The largest absolute Gasteiger partial charge is 0.491 e. The Morgan fingerprint density at radius 3 is 2.80 bits per heavy atom. The van der Waals surface area contributed by atoms with E-state index in [0.717, 1.165) is 18.6 Å². The molecule has 2 rings (SSSR count). The fourth-order valence-electron chi connectivity index (χ4n) is 2.48. The van der Waals surface area contributed by atoms with Crippen LogP contribution in [0.3, 0.4) is 0 Å². The molecule has 1 N–H and O–H groups in total. The van der Waals surface area contributed by atoms with E-state index < -0.39 is 0 Å². The summed E-state index contributed by atoms with van der Waals surface area (Å²) < 4.78 is 5.63. The van der Waals surface area contributed by atoms with Gasteiger partial charge in [0.2, 0.25) is 0 Å². The maximum Gasteiger partial charge on any atom is 0.251 e. The van der Waals surface area contributed by atoms with E-state index in [1.54, 1.807) is 6.07 Å². The number of amides is 1. The molecule has 1 aliphatic rings. The lowest BCUT2D eigenvalue weighted by molar-refractivity contribution is 0.0929. The van der Waals surface area contributed by atoms with Crippen LogP contribution in [-0.4, -0.2) is 22.9 Å². The molecule has 4 heteroatoms. The van der Waals surface area contributed by atoms with Gasteiger partial charge in [0.15, 0.2) is 0 Å². The second kappa shape index (κ2) is 7.11. The Kier molecular flexibility index (Phi) is 5.46. The highest BCUT2D eigenvalue weighted by Crippen LogP contribution is 2.25. The van der Waals surface area contributed by atoms with Gasteiger partial charge in [0, 0.05) is 16.4 Å². The third-order valence-corrected chi connectivity index (χ3v) is 4.56. The molecule has 0 aliphatic heterocycles. The highest BCUT2D eigenvalue weighted by atomic mass is 79.9. The van der Waals surface area contributed by atoms with Crippen molar-refractivity contribution in [2.24, 2.45) is 0 Å². The van der Waals surface area contributed by atoms with Crippen molar-refractivity contribution >= 4 is 21.8 Å². The monoisotopic (exact) mass is 339 g/mol. The van der Waals surface area contributed by atoms with Crippen LogP contribution in [0.4, 0.5) is 0 Å². The van der Waals surface area contributed by atoms with Gasteiger partial charge in [-0.2, -0.15) is 0 Å². The van der Waals surface area contributed by atoms with Gasteiger partial charge >= 0.3 is 0 Å². The standard InChI is InChI=1S/C16H22BrNO2/c1-11(2)20-13-7-5-6-12(10-13)16(19)18-15-9-4-3-8-14(15)17/h5-7,10-11,14-15H,3-4,8-9H2,1-2H3,(H,18,19). The quantitative estimate of drug-likeness (QED) is 0.844. The zero-order valence-corrected chi connectivity index (χ0v) is 13.7. The van der Waals surface area contributed by atoms with Gasteiger partial charge in [-0.15, -0.1) is 0 Å². The number of carbonyl (C=O) groups excluding carboxylic acids is 1. The van der Waals surface area contributed by atoms with Crippen molar-refractivity contribution < 1.29 is 9.53 Å². The molecule has 1 aliphatic carbocycles. The Morgan fingerprint density at radius 2 is 2.10 bits per heavy atom. The summed E-state index contributed by atoms with van der Waals surface area (Å²) in [7, 11) is 0. The minimum atomic E-state index is -0.0180. The van der Waals surface area contributed by atoms with Gasteiger partial charge in [0.1, 0.15) is 5.75 Å². The molecular formula is C16H22BrNO2. The summed E-state index contributed by atoms with van der Waals surface area (Å²) >= 11 is 3.66. The molecule has 2 unspecified atom stereocenters. The number of rotatable bonds is 4. The summed E-state index contributed by atoms with van der Waals surface area (Å²) in [5.41, 5.74) is 0.661. The van der Waals surface area contributed by atoms with Crippen molar-refractivity contribution in [3.63, 3.8) is 0 Å². The molecule has 1 aromatic carbocycles. The predicted molar refractivity (Wildman–Crippen MR) is 84.6 cm³/mol. The first-order chi connectivity index (χ1) is 9.56. The molecule has 0 radical (unpaired) electrons. The van der Waals surface area contributed by atoms with E-state index >= 15 is 0 Å². The molecule has 0 aromatic heterocycles. The van der Waals surface area contributed by atoms with Crippen molar-refractivity contribution in [1.29, 1.82) is 0 Å². The van der Waals surface area contributed by atoms with E-state index in [0.29, 0.717) is 10.4 Å². The SMILES string of the molecule is CC(C)Oc1cccc(C(=O)NC2CCCCC2Br)c1. The minimum absolute atomic E-state index is 0.0180. The lowest BCUT2D eigenvalue weighted by atomic mass is 9.95. The van der Waals surface area contributed by atoms with Crippen LogP contribution in [0.15, 0.2) is 24.3 Å². The third-order valence-electron chi connectivity index (χ3n) is 3.47. The van der Waals surface area contributed by atoms with Gasteiger partial charge in [-0.25, -0.2) is 0 Å². The average molecular weight is 340 g/mol. The first-order valence-electron chi connectivity index (χ1n) is 7.28. The normalized spacial score (nSPS) is 22.6. The van der Waals surface area contributed by atoms with Crippen LogP contribution in [-0.2, 0) is 0 Å². The molecule has 0 heterocycles. The number of hydrogen-bond donors (Lipinski definition) is 1. The number of hydrogen-bond acceptors (Lipinski definition) is 2. The smallest absolute Gasteiger partial charge is 0.251 e. The highest BCUT2D eigenvalue weighted by Gasteiger charge is 2.24. The van der Waals surface area contributed by atoms with Crippen molar-refractivity contribution in [2.75, 3.05) is 0 Å². The minimum Gasteiger partial charge on any atom is -0.491 e. The van der Waals surface area contributed by atoms with Crippen LogP contribution in [0.25, 0.3) is 0 Å². The van der Waals surface area contributed by atoms with Crippen LogP contribution in [0, 0.1) is 0 Å². The summed E-state index contributed by atoms with van der Waals surface area (Å²) in [5.74, 6) is 0.724. The molecule has 1 fully saturated rings. The Balaban J connectivity index is 2.01. The Labute approximate surface area is 129 Å². The Morgan fingerprint density at radius 1 is 1.35 bits per heavy atom. The molecule has 1 aromatic rings. The lowest BCUT2D eigenvalue weighted by Gasteiger charge is -2.28. The number of nitrogens with one attached hydrogen (secondary N) is 1. The fourth-order valence-corrected chi connectivity index (χ4v) is 3.20. The summed E-state index contributed by atoms with van der Waals surface area (Å²) in [5, 5.41) is 3.12. The van der Waals surface area contributed by atoms with E-state index in [-0.39, 0.29) is 18.1 Å². The van der Waals surface area contributed by atoms with E-state index in [2.05, 4.69) is 21.2 Å². The van der Waals surface area contributed by atoms with Gasteiger partial charge in [0.25, 0.3) is 5.91 Å². The van der Waals surface area contributed by atoms with Crippen LogP contribution in [0.2, 0.25) is 0 Å². The second-order valence-electron chi connectivity index (χ2n) is 5.57. The Hall–Kier alpha value is -1.03. The molecule has 1 saturated carbocycles. The van der Waals surface area contributed by atoms with E-state index in [4.69, 9.17) is 4.74 Å². The first kappa shape index (κ1) is 15.4. The molecule has 20 heavy (non-hydrogen) atoms. The van der Waals surface area contributed by atoms with Crippen LogP contribution in [0.1, 0.15) is 49.9 Å². The molecule has 0 bridgehead atoms. The molecule has 1 amide bonds. The number of benzene rings is 1. The molecular weight excluding hydrogens is 318 g/mol. The van der Waals surface area contributed by atoms with Gasteiger partial charge < -0.3 is 10.1 Å². The lowest BCUT2D eigenvalue weighted by Crippen LogP contribution is -2.42. The van der Waals surface area contributed by atoms with Crippen molar-refractivity contribution in [1.82, 2.24) is 5.32 Å². The van der Waals surface area contributed by atoms with Gasteiger partial charge in [0.05, 0.1) is 6.10 Å². The predicted octanol–water partition coefficient (Wildman–Crippen LogP) is 3.91. The molecule has 0 spiro atoms. The summed E-state index contributed by atoms with van der Waals surface area (Å²) in [6, 6.07) is 7.60. The third kappa shape index (κ3) is 4.23. The highest BCUT2D eigenvalue weighted by molar-refractivity contribution is 9.09. The van der Waals surface area contributed by atoms with Crippen molar-refractivity contribution in [3.8, 4) is 5.75 Å². The number of ether oxygens (including phenoxy) is 1. The topological polar surface area (TPSA) is 38.3 Å². The summed E-state index contributed by atoms with van der Waals surface area (Å²) in [4.78, 5) is 12.7. The number of alkyl halides is 1. The molecule has 3 nitrogen and oxygen atoms in total. The van der Waals surface area contributed by atoms with Gasteiger partial charge in [-0.05, 0) is 44.9 Å². The Bertz CT molecular complexity index is 462.